The van der Waals surface area contributed by atoms with E-state index in [1.807, 2.05) is 30.8 Å². The fourth-order valence-electron chi connectivity index (χ4n) is 1.73. The Morgan fingerprint density at radius 3 is 2.89 bits per heavy atom. The Bertz CT molecular complexity index is 613. The lowest BCUT2D eigenvalue weighted by Crippen LogP contribution is -1.96. The highest BCUT2D eigenvalue weighted by Gasteiger charge is 2.06. The molecule has 0 bridgehead atoms. The number of aryl methyl sites for hydroxylation is 2. The summed E-state index contributed by atoms with van der Waals surface area (Å²) in [4.78, 5) is 2.79. The largest absolute Gasteiger partial charge is 0.488 e. The first-order valence-corrected chi connectivity index (χ1v) is 6.04. The van der Waals surface area contributed by atoms with Crippen LogP contribution >= 0.6 is 0 Å². The van der Waals surface area contributed by atoms with Crippen LogP contribution in [0.5, 0.6) is 5.75 Å². The molecule has 1 aromatic heterocycles. The fraction of sp³-hybridized carbons (Fsp3) is 0.308. The number of hydrogen-bond donors (Lipinski definition) is 0. The van der Waals surface area contributed by atoms with E-state index in [4.69, 9.17) is 10.3 Å². The first kappa shape index (κ1) is 13.0. The van der Waals surface area contributed by atoms with Crippen molar-refractivity contribution in [1.82, 2.24) is 9.78 Å². The second-order valence-electron chi connectivity index (χ2n) is 4.04. The molecule has 2 aromatic rings. The summed E-state index contributed by atoms with van der Waals surface area (Å²) in [5, 5.41) is 7.95. The molecule has 2 rings (SSSR count). The first-order chi connectivity index (χ1) is 9.24. The van der Waals surface area contributed by atoms with Gasteiger partial charge in [0, 0.05) is 23.2 Å². The molecular weight excluding hydrogens is 242 g/mol. The molecule has 0 saturated heterocycles. The van der Waals surface area contributed by atoms with Crippen molar-refractivity contribution in [3.63, 3.8) is 0 Å². The minimum atomic E-state index is 0.407. The molecule has 0 amide bonds. The maximum absolute atomic E-state index is 8.50. The lowest BCUT2D eigenvalue weighted by molar-refractivity contribution is 0.306. The smallest absolute Gasteiger partial charge is 0.129 e. The molecule has 0 N–H and O–H groups in total. The molecule has 6 nitrogen and oxygen atoms in total. The zero-order valence-corrected chi connectivity index (χ0v) is 10.9. The van der Waals surface area contributed by atoms with Gasteiger partial charge in [-0.25, -0.2) is 0 Å². The summed E-state index contributed by atoms with van der Waals surface area (Å²) in [6.45, 7) is 5.22. The van der Waals surface area contributed by atoms with Crippen molar-refractivity contribution < 1.29 is 4.74 Å². The molecule has 0 radical (unpaired) electrons. The molecule has 0 aliphatic carbocycles. The maximum atomic E-state index is 8.50. The van der Waals surface area contributed by atoms with Crippen molar-refractivity contribution in [2.24, 2.45) is 5.11 Å². The van der Waals surface area contributed by atoms with Gasteiger partial charge >= 0.3 is 0 Å². The van der Waals surface area contributed by atoms with Crippen molar-refractivity contribution >= 4 is 5.69 Å². The number of benzene rings is 1. The predicted octanol–water partition coefficient (Wildman–Crippen LogP) is 3.73. The monoisotopic (exact) mass is 257 g/mol. The molecule has 6 heteroatoms. The van der Waals surface area contributed by atoms with Gasteiger partial charge < -0.3 is 4.74 Å². The average molecular weight is 257 g/mol. The SMILES string of the molecule is CCn1cc(COc2ccccc2N=[N+]=[N-])c(C)n1. The van der Waals surface area contributed by atoms with Gasteiger partial charge in [0.2, 0.25) is 0 Å². The van der Waals surface area contributed by atoms with Crippen LogP contribution in [-0.2, 0) is 13.2 Å². The first-order valence-electron chi connectivity index (χ1n) is 6.04. The molecule has 0 fully saturated rings. The van der Waals surface area contributed by atoms with Crippen LogP contribution in [0.3, 0.4) is 0 Å². The fourth-order valence-corrected chi connectivity index (χ4v) is 1.73. The Hall–Kier alpha value is -2.46. The molecule has 0 aliphatic heterocycles. The number of rotatable bonds is 5. The molecular formula is C13H15N5O. The van der Waals surface area contributed by atoms with Gasteiger partial charge in [0.15, 0.2) is 0 Å². The van der Waals surface area contributed by atoms with Crippen LogP contribution in [0.2, 0.25) is 0 Å². The van der Waals surface area contributed by atoms with E-state index < -0.39 is 0 Å². The Labute approximate surface area is 111 Å². The highest BCUT2D eigenvalue weighted by atomic mass is 16.5. The molecule has 0 aliphatic rings. The summed E-state index contributed by atoms with van der Waals surface area (Å²) in [6.07, 6.45) is 1.96. The van der Waals surface area contributed by atoms with Crippen molar-refractivity contribution in [2.45, 2.75) is 27.0 Å². The van der Waals surface area contributed by atoms with Crippen LogP contribution in [0.1, 0.15) is 18.2 Å². The summed E-state index contributed by atoms with van der Waals surface area (Å²) >= 11 is 0. The van der Waals surface area contributed by atoms with E-state index in [2.05, 4.69) is 15.1 Å². The van der Waals surface area contributed by atoms with E-state index in [1.54, 1.807) is 18.2 Å². The molecule has 0 unspecified atom stereocenters. The Morgan fingerprint density at radius 1 is 1.42 bits per heavy atom. The van der Waals surface area contributed by atoms with Crippen LogP contribution in [0.15, 0.2) is 35.6 Å². The van der Waals surface area contributed by atoms with Gasteiger partial charge in [0.1, 0.15) is 12.4 Å². The number of hydrogen-bond acceptors (Lipinski definition) is 3. The molecule has 98 valence electrons. The van der Waals surface area contributed by atoms with Crippen LogP contribution < -0.4 is 4.74 Å². The number of nitrogens with zero attached hydrogens (tertiary/aromatic N) is 5. The Morgan fingerprint density at radius 2 is 2.21 bits per heavy atom. The Kier molecular flexibility index (Phi) is 4.05. The topological polar surface area (TPSA) is 75.8 Å². The summed E-state index contributed by atoms with van der Waals surface area (Å²) in [7, 11) is 0. The van der Waals surface area contributed by atoms with Gasteiger partial charge in [-0.3, -0.25) is 4.68 Å². The zero-order valence-electron chi connectivity index (χ0n) is 10.9. The maximum Gasteiger partial charge on any atom is 0.129 e. The van der Waals surface area contributed by atoms with E-state index in [9.17, 15) is 0 Å². The van der Waals surface area contributed by atoms with Gasteiger partial charge in [-0.1, -0.05) is 17.2 Å². The third-order valence-corrected chi connectivity index (χ3v) is 2.77. The third-order valence-electron chi connectivity index (χ3n) is 2.77. The van der Waals surface area contributed by atoms with Crippen molar-refractivity contribution in [2.75, 3.05) is 0 Å². The standard InChI is InChI=1S/C13H15N5O/c1-3-18-8-11(10(2)16-18)9-19-13-7-5-4-6-12(13)15-17-14/h4-8H,3,9H2,1-2H3. The third kappa shape index (κ3) is 3.05. The van der Waals surface area contributed by atoms with E-state index in [-0.39, 0.29) is 0 Å². The lowest BCUT2D eigenvalue weighted by Gasteiger charge is -2.07. The Balaban J connectivity index is 2.14. The summed E-state index contributed by atoms with van der Waals surface area (Å²) in [6, 6.07) is 7.15. The van der Waals surface area contributed by atoms with E-state index in [1.165, 1.54) is 0 Å². The molecule has 1 aromatic carbocycles. The van der Waals surface area contributed by atoms with Crippen LogP contribution in [0.4, 0.5) is 5.69 Å². The van der Waals surface area contributed by atoms with Gasteiger partial charge in [-0.2, -0.15) is 5.10 Å². The highest BCUT2D eigenvalue weighted by molar-refractivity contribution is 5.51. The molecule has 1 heterocycles. The van der Waals surface area contributed by atoms with Gasteiger partial charge in [-0.15, -0.1) is 0 Å². The second kappa shape index (κ2) is 5.93. The minimum Gasteiger partial charge on any atom is -0.488 e. The highest BCUT2D eigenvalue weighted by Crippen LogP contribution is 2.27. The van der Waals surface area contributed by atoms with E-state index in [0.29, 0.717) is 18.0 Å². The van der Waals surface area contributed by atoms with E-state index in [0.717, 1.165) is 17.8 Å². The molecule has 0 atom stereocenters. The van der Waals surface area contributed by atoms with Crippen LogP contribution in [0.25, 0.3) is 10.4 Å². The quantitative estimate of drug-likeness (QED) is 0.465. The number of aromatic nitrogens is 2. The average Bonchev–Trinajstić information content (AvgIpc) is 2.79. The number of para-hydroxylation sites is 1. The second-order valence-corrected chi connectivity index (χ2v) is 4.04. The zero-order chi connectivity index (χ0) is 13.7. The van der Waals surface area contributed by atoms with Crippen molar-refractivity contribution in [3.05, 3.63) is 52.2 Å². The minimum absolute atomic E-state index is 0.407. The molecule has 0 saturated carbocycles. The van der Waals surface area contributed by atoms with Gasteiger partial charge in [-0.05, 0) is 31.5 Å². The van der Waals surface area contributed by atoms with Crippen molar-refractivity contribution in [3.8, 4) is 5.75 Å². The van der Waals surface area contributed by atoms with Gasteiger partial charge in [0.05, 0.1) is 11.4 Å². The number of ether oxygens (including phenoxy) is 1. The number of azide groups is 1. The van der Waals surface area contributed by atoms with Crippen LogP contribution in [-0.4, -0.2) is 9.78 Å². The van der Waals surface area contributed by atoms with Gasteiger partial charge in [0.25, 0.3) is 0 Å². The van der Waals surface area contributed by atoms with Crippen molar-refractivity contribution in [1.29, 1.82) is 0 Å². The molecule has 0 spiro atoms. The van der Waals surface area contributed by atoms with Crippen LogP contribution in [0, 0.1) is 6.92 Å². The summed E-state index contributed by atoms with van der Waals surface area (Å²) in [5.41, 5.74) is 11.0. The van der Waals surface area contributed by atoms with E-state index >= 15 is 0 Å². The normalized spacial score (nSPS) is 10.0. The summed E-state index contributed by atoms with van der Waals surface area (Å²) in [5.74, 6) is 0.573. The summed E-state index contributed by atoms with van der Waals surface area (Å²) < 4.78 is 7.56. The lowest BCUT2D eigenvalue weighted by atomic mass is 10.2. The molecule has 19 heavy (non-hydrogen) atoms. The predicted molar refractivity (Wildman–Crippen MR) is 72.2 cm³/mol.